The van der Waals surface area contributed by atoms with E-state index in [0.29, 0.717) is 11.5 Å². The zero-order valence-corrected chi connectivity index (χ0v) is 25.4. The van der Waals surface area contributed by atoms with Gasteiger partial charge in [-0.3, -0.25) is 4.79 Å². The fourth-order valence-electron chi connectivity index (χ4n) is 3.84. The van der Waals surface area contributed by atoms with Gasteiger partial charge in [0.2, 0.25) is 0 Å². The summed E-state index contributed by atoms with van der Waals surface area (Å²) in [6, 6.07) is 9.53. The average molecular weight is 521 g/mol. The molecule has 1 aromatic heterocycles. The number of rotatable bonds is 10. The standard InChI is InChI=1S/C22H26N4O.C8H18.C3H8/c1-14(2)11-15(3)25-21-12-20(18(13-24-21)16-9-10-16)26-19-8-6-5-7-17(19)22(27)23-4;1-5-7(3)8(4)6-2;1-3-2/h5-8,11-13,16H,1,9-10H2,2-4H3,(H,23,27)(H2,24,25,26);7-8H,5-6H2,1-4H3;3H2,1-2H3/b15-11+;;. The molecule has 0 spiro atoms. The fraction of sp³-hybridized carbons (Fsp3) is 0.515. The Hall–Kier alpha value is -3.08. The van der Waals surface area contributed by atoms with E-state index in [0.717, 1.165) is 40.3 Å². The van der Waals surface area contributed by atoms with Crippen molar-refractivity contribution in [3.8, 4) is 0 Å². The normalized spacial score (nSPS) is 14.1. The van der Waals surface area contributed by atoms with Gasteiger partial charge in [0.25, 0.3) is 5.91 Å². The molecule has 1 aliphatic rings. The fourth-order valence-corrected chi connectivity index (χ4v) is 3.84. The Morgan fingerprint density at radius 1 is 1.05 bits per heavy atom. The minimum atomic E-state index is -0.112. The SMILES string of the molecule is C=C(C)/C=C(\C)Nc1cc(Nc2ccccc2C(=O)NC)c(C2CC2)cn1.CCC.CCC(C)C(C)CC. The number of allylic oxidation sites excluding steroid dienone is 3. The van der Waals surface area contributed by atoms with Crippen molar-refractivity contribution in [2.45, 2.75) is 93.4 Å². The zero-order chi connectivity index (χ0) is 28.7. The first kappa shape index (κ1) is 32.9. The van der Waals surface area contributed by atoms with Crippen molar-refractivity contribution < 1.29 is 4.79 Å². The highest BCUT2D eigenvalue weighted by Gasteiger charge is 2.27. The molecule has 210 valence electrons. The lowest BCUT2D eigenvalue weighted by Crippen LogP contribution is -2.19. The van der Waals surface area contributed by atoms with Crippen LogP contribution in [0.3, 0.4) is 0 Å². The van der Waals surface area contributed by atoms with Crippen molar-refractivity contribution in [1.82, 2.24) is 10.3 Å². The molecule has 0 bridgehead atoms. The highest BCUT2D eigenvalue weighted by molar-refractivity contribution is 6.00. The summed E-state index contributed by atoms with van der Waals surface area (Å²) in [7, 11) is 1.64. The predicted octanol–water partition coefficient (Wildman–Crippen LogP) is 9.45. The number of hydrogen-bond donors (Lipinski definition) is 3. The lowest BCUT2D eigenvalue weighted by molar-refractivity contribution is 0.0964. The third-order valence-corrected chi connectivity index (χ3v) is 6.67. The molecule has 1 aromatic carbocycles. The third-order valence-electron chi connectivity index (χ3n) is 6.67. The first-order valence-electron chi connectivity index (χ1n) is 14.3. The van der Waals surface area contributed by atoms with Gasteiger partial charge in [-0.25, -0.2) is 4.98 Å². The largest absolute Gasteiger partial charge is 0.355 e. The minimum Gasteiger partial charge on any atom is -0.355 e. The number of benzene rings is 1. The molecule has 1 heterocycles. The Morgan fingerprint density at radius 2 is 1.63 bits per heavy atom. The maximum atomic E-state index is 12.2. The van der Waals surface area contributed by atoms with Gasteiger partial charge in [-0.2, -0.15) is 0 Å². The van der Waals surface area contributed by atoms with Crippen LogP contribution in [0.4, 0.5) is 17.2 Å². The second-order valence-electron chi connectivity index (χ2n) is 10.5. The number of para-hydroxylation sites is 1. The van der Waals surface area contributed by atoms with Crippen molar-refractivity contribution >= 4 is 23.1 Å². The summed E-state index contributed by atoms with van der Waals surface area (Å²) in [4.78, 5) is 16.7. The molecule has 5 heteroatoms. The van der Waals surface area contributed by atoms with Crippen LogP contribution in [0.2, 0.25) is 0 Å². The van der Waals surface area contributed by atoms with Crippen LogP contribution in [-0.4, -0.2) is 17.9 Å². The molecule has 3 N–H and O–H groups in total. The minimum absolute atomic E-state index is 0.112. The van der Waals surface area contributed by atoms with E-state index in [9.17, 15) is 4.79 Å². The number of aromatic nitrogens is 1. The van der Waals surface area contributed by atoms with E-state index < -0.39 is 0 Å². The lowest BCUT2D eigenvalue weighted by Gasteiger charge is -2.16. The van der Waals surface area contributed by atoms with Gasteiger partial charge in [0.05, 0.1) is 11.3 Å². The molecule has 0 saturated heterocycles. The molecule has 2 unspecified atom stereocenters. The molecule has 2 aromatic rings. The van der Waals surface area contributed by atoms with Crippen LogP contribution in [0.25, 0.3) is 0 Å². The van der Waals surface area contributed by atoms with Gasteiger partial charge in [0, 0.05) is 30.7 Å². The molecule has 0 aliphatic heterocycles. The quantitative estimate of drug-likeness (QED) is 0.273. The first-order chi connectivity index (χ1) is 18.1. The topological polar surface area (TPSA) is 66.0 Å². The van der Waals surface area contributed by atoms with E-state index in [1.165, 1.54) is 37.7 Å². The van der Waals surface area contributed by atoms with Crippen LogP contribution < -0.4 is 16.0 Å². The van der Waals surface area contributed by atoms with Crippen molar-refractivity contribution in [2.24, 2.45) is 11.8 Å². The molecule has 3 rings (SSSR count). The van der Waals surface area contributed by atoms with Crippen LogP contribution in [-0.2, 0) is 0 Å². The molecule has 1 saturated carbocycles. The number of carbonyl (C=O) groups is 1. The van der Waals surface area contributed by atoms with Gasteiger partial charge in [0.1, 0.15) is 5.82 Å². The third kappa shape index (κ3) is 11.5. The molecule has 5 nitrogen and oxygen atoms in total. The molecule has 2 atom stereocenters. The van der Waals surface area contributed by atoms with Crippen LogP contribution in [0.1, 0.15) is 109 Å². The second kappa shape index (κ2) is 17.4. The molecule has 1 amide bonds. The molecule has 1 fully saturated rings. The average Bonchev–Trinajstić information content (AvgIpc) is 3.73. The van der Waals surface area contributed by atoms with E-state index in [1.807, 2.05) is 56.5 Å². The van der Waals surface area contributed by atoms with Crippen LogP contribution >= 0.6 is 0 Å². The highest BCUT2D eigenvalue weighted by atomic mass is 16.1. The summed E-state index contributed by atoms with van der Waals surface area (Å²) in [6.45, 7) is 21.3. The summed E-state index contributed by atoms with van der Waals surface area (Å²) < 4.78 is 0. The van der Waals surface area contributed by atoms with Crippen molar-refractivity contribution in [2.75, 3.05) is 17.7 Å². The number of nitrogens with one attached hydrogen (secondary N) is 3. The van der Waals surface area contributed by atoms with E-state index in [4.69, 9.17) is 0 Å². The molecule has 0 radical (unpaired) electrons. The zero-order valence-electron chi connectivity index (χ0n) is 25.4. The van der Waals surface area contributed by atoms with Crippen molar-refractivity contribution in [3.05, 3.63) is 71.6 Å². The Kier molecular flexibility index (Phi) is 15.1. The molecular weight excluding hydrogens is 468 g/mol. The van der Waals surface area contributed by atoms with E-state index >= 15 is 0 Å². The first-order valence-corrected chi connectivity index (χ1v) is 14.3. The van der Waals surface area contributed by atoms with Gasteiger partial charge >= 0.3 is 0 Å². The van der Waals surface area contributed by atoms with Gasteiger partial charge in [-0.05, 0) is 68.2 Å². The van der Waals surface area contributed by atoms with E-state index in [1.54, 1.807) is 7.05 Å². The van der Waals surface area contributed by atoms with Gasteiger partial charge in [0.15, 0.2) is 0 Å². The van der Waals surface area contributed by atoms with Gasteiger partial charge in [-0.1, -0.05) is 85.1 Å². The molecule has 1 aliphatic carbocycles. The molecular formula is C33H52N4O. The number of pyridine rings is 1. The van der Waals surface area contributed by atoms with E-state index in [-0.39, 0.29) is 5.91 Å². The summed E-state index contributed by atoms with van der Waals surface area (Å²) in [5, 5.41) is 9.45. The lowest BCUT2D eigenvalue weighted by atomic mass is 9.92. The summed E-state index contributed by atoms with van der Waals surface area (Å²) in [5.74, 6) is 3.02. The number of nitrogens with zero attached hydrogens (tertiary/aromatic N) is 1. The monoisotopic (exact) mass is 520 g/mol. The highest BCUT2D eigenvalue weighted by Crippen LogP contribution is 2.44. The smallest absolute Gasteiger partial charge is 0.253 e. The summed E-state index contributed by atoms with van der Waals surface area (Å²) in [5.41, 5.74) is 5.53. The van der Waals surface area contributed by atoms with Crippen molar-refractivity contribution in [3.63, 3.8) is 0 Å². The predicted molar refractivity (Wildman–Crippen MR) is 166 cm³/mol. The second-order valence-corrected chi connectivity index (χ2v) is 10.5. The Bertz CT molecular complexity index is 1030. The number of hydrogen-bond acceptors (Lipinski definition) is 4. The maximum absolute atomic E-state index is 12.2. The summed E-state index contributed by atoms with van der Waals surface area (Å²) >= 11 is 0. The Labute approximate surface area is 232 Å². The number of amides is 1. The van der Waals surface area contributed by atoms with Gasteiger partial charge in [-0.15, -0.1) is 0 Å². The van der Waals surface area contributed by atoms with E-state index in [2.05, 4.69) is 69.1 Å². The van der Waals surface area contributed by atoms with Crippen LogP contribution in [0, 0.1) is 11.8 Å². The Morgan fingerprint density at radius 3 is 2.13 bits per heavy atom. The number of anilines is 3. The van der Waals surface area contributed by atoms with Crippen LogP contribution in [0.5, 0.6) is 0 Å². The van der Waals surface area contributed by atoms with Crippen LogP contribution in [0.15, 0.2) is 60.5 Å². The Balaban J connectivity index is 0.000000556. The van der Waals surface area contributed by atoms with Gasteiger partial charge < -0.3 is 16.0 Å². The molecule has 38 heavy (non-hydrogen) atoms. The maximum Gasteiger partial charge on any atom is 0.253 e. The van der Waals surface area contributed by atoms with Crippen molar-refractivity contribution in [1.29, 1.82) is 0 Å². The summed E-state index contributed by atoms with van der Waals surface area (Å²) in [6.07, 6.45) is 10.2. The number of carbonyl (C=O) groups excluding carboxylic acids is 1.